The van der Waals surface area contributed by atoms with Gasteiger partial charge < -0.3 is 10.6 Å². The fourth-order valence-electron chi connectivity index (χ4n) is 1.54. The maximum absolute atomic E-state index is 5.71. The molecule has 1 fully saturated rings. The average Bonchev–Trinajstić information content (AvgIpc) is 2.97. The molecule has 1 aromatic heterocycles. The normalized spacial score (nSPS) is 15.6. The van der Waals surface area contributed by atoms with Crippen molar-refractivity contribution >= 4 is 27.6 Å². The van der Waals surface area contributed by atoms with Crippen molar-refractivity contribution in [2.45, 2.75) is 25.8 Å². The number of nitrogen functional groups attached to an aromatic ring is 1. The van der Waals surface area contributed by atoms with E-state index in [9.17, 15) is 0 Å². The zero-order valence-corrected chi connectivity index (χ0v) is 9.66. The Hall–Kier alpha value is -0.840. The molecule has 0 aromatic carbocycles. The van der Waals surface area contributed by atoms with Gasteiger partial charge in [0.05, 0.1) is 0 Å². The molecule has 1 heterocycles. The van der Waals surface area contributed by atoms with Gasteiger partial charge in [-0.3, -0.25) is 0 Å². The second-order valence-electron chi connectivity index (χ2n) is 3.41. The molecule has 2 N–H and O–H groups in total. The highest BCUT2D eigenvalue weighted by molar-refractivity contribution is 9.10. The van der Waals surface area contributed by atoms with Crippen LogP contribution in [0.25, 0.3) is 0 Å². The lowest BCUT2D eigenvalue weighted by Crippen LogP contribution is -2.26. The molecular formula is C9H13BrN4. The van der Waals surface area contributed by atoms with E-state index in [-0.39, 0.29) is 0 Å². The first-order chi connectivity index (χ1) is 6.74. The summed E-state index contributed by atoms with van der Waals surface area (Å²) in [5.41, 5.74) is 5.71. The van der Waals surface area contributed by atoms with Gasteiger partial charge >= 0.3 is 0 Å². The third-order valence-electron chi connectivity index (χ3n) is 2.40. The summed E-state index contributed by atoms with van der Waals surface area (Å²) in [6.07, 6.45) is 4.02. The zero-order chi connectivity index (χ0) is 10.1. The maximum Gasteiger partial charge on any atom is 0.148 e. The van der Waals surface area contributed by atoms with Crippen molar-refractivity contribution < 1.29 is 0 Å². The van der Waals surface area contributed by atoms with Gasteiger partial charge in [-0.1, -0.05) is 0 Å². The van der Waals surface area contributed by atoms with Crippen LogP contribution in [0.4, 0.5) is 11.6 Å². The van der Waals surface area contributed by atoms with Gasteiger partial charge in [-0.15, -0.1) is 0 Å². The largest absolute Gasteiger partial charge is 0.383 e. The number of halogens is 1. The lowest BCUT2D eigenvalue weighted by molar-refractivity contribution is 0.802. The van der Waals surface area contributed by atoms with Crippen molar-refractivity contribution in [2.24, 2.45) is 0 Å². The van der Waals surface area contributed by atoms with Crippen LogP contribution in [0.15, 0.2) is 10.8 Å². The molecule has 0 amide bonds. The number of rotatable bonds is 3. The van der Waals surface area contributed by atoms with Crippen molar-refractivity contribution in [3.05, 3.63) is 10.8 Å². The highest BCUT2D eigenvalue weighted by Gasteiger charge is 2.30. The highest BCUT2D eigenvalue weighted by Crippen LogP contribution is 2.35. The Morgan fingerprint density at radius 2 is 2.29 bits per heavy atom. The molecule has 0 atom stereocenters. The van der Waals surface area contributed by atoms with E-state index < -0.39 is 0 Å². The fraction of sp³-hybridized carbons (Fsp3) is 0.556. The summed E-state index contributed by atoms with van der Waals surface area (Å²) in [4.78, 5) is 10.5. The topological polar surface area (TPSA) is 55.0 Å². The predicted octanol–water partition coefficient (Wildman–Crippen LogP) is 1.81. The third kappa shape index (κ3) is 1.68. The van der Waals surface area contributed by atoms with Crippen LogP contribution in [0.3, 0.4) is 0 Å². The molecule has 0 saturated heterocycles. The highest BCUT2D eigenvalue weighted by atomic mass is 79.9. The number of aromatic nitrogens is 2. The van der Waals surface area contributed by atoms with Crippen molar-refractivity contribution in [1.29, 1.82) is 0 Å². The van der Waals surface area contributed by atoms with E-state index >= 15 is 0 Å². The molecule has 0 bridgehead atoms. The molecule has 2 rings (SSSR count). The SMILES string of the molecule is CCN(c1ncnc(N)c1Br)C1CC1. The fourth-order valence-corrected chi connectivity index (χ4v) is 1.97. The zero-order valence-electron chi connectivity index (χ0n) is 8.07. The number of nitrogens with zero attached hydrogens (tertiary/aromatic N) is 3. The smallest absolute Gasteiger partial charge is 0.148 e. The van der Waals surface area contributed by atoms with Crippen molar-refractivity contribution in [1.82, 2.24) is 9.97 Å². The third-order valence-corrected chi connectivity index (χ3v) is 3.16. The monoisotopic (exact) mass is 256 g/mol. The van der Waals surface area contributed by atoms with E-state index in [1.807, 2.05) is 0 Å². The van der Waals surface area contributed by atoms with Crippen molar-refractivity contribution in [2.75, 3.05) is 17.2 Å². The molecule has 1 aromatic rings. The average molecular weight is 257 g/mol. The summed E-state index contributed by atoms with van der Waals surface area (Å²) in [7, 11) is 0. The molecule has 0 radical (unpaired) electrons. The maximum atomic E-state index is 5.71. The Morgan fingerprint density at radius 1 is 1.57 bits per heavy atom. The lowest BCUT2D eigenvalue weighted by atomic mass is 10.4. The van der Waals surface area contributed by atoms with E-state index in [0.717, 1.165) is 16.8 Å². The van der Waals surface area contributed by atoms with Crippen LogP contribution in [0.5, 0.6) is 0 Å². The Labute approximate surface area is 91.7 Å². The minimum Gasteiger partial charge on any atom is -0.383 e. The Bertz CT molecular complexity index is 338. The van der Waals surface area contributed by atoms with Gasteiger partial charge in [-0.2, -0.15) is 0 Å². The Morgan fingerprint density at radius 3 is 2.86 bits per heavy atom. The molecule has 1 aliphatic rings. The molecule has 76 valence electrons. The number of nitrogens with two attached hydrogens (primary N) is 1. The van der Waals surface area contributed by atoms with Crippen LogP contribution < -0.4 is 10.6 Å². The van der Waals surface area contributed by atoms with E-state index in [0.29, 0.717) is 11.9 Å². The molecule has 4 nitrogen and oxygen atoms in total. The van der Waals surface area contributed by atoms with Crippen LogP contribution in [-0.4, -0.2) is 22.6 Å². The lowest BCUT2D eigenvalue weighted by Gasteiger charge is -2.22. The molecule has 0 spiro atoms. The Balaban J connectivity index is 2.33. The number of hydrogen-bond donors (Lipinski definition) is 1. The standard InChI is InChI=1S/C9H13BrN4/c1-2-14(6-3-4-6)9-7(10)8(11)12-5-13-9/h5-6H,2-4H2,1H3,(H2,11,12,13). The van der Waals surface area contributed by atoms with Gasteiger partial charge in [0.1, 0.15) is 22.4 Å². The molecule has 14 heavy (non-hydrogen) atoms. The Kier molecular flexibility index (Phi) is 2.58. The van der Waals surface area contributed by atoms with Gasteiger partial charge in [0, 0.05) is 12.6 Å². The molecule has 1 aliphatic carbocycles. The molecule has 1 saturated carbocycles. The van der Waals surface area contributed by atoms with Crippen molar-refractivity contribution in [3.63, 3.8) is 0 Å². The summed E-state index contributed by atoms with van der Waals surface area (Å²) < 4.78 is 0.814. The van der Waals surface area contributed by atoms with Crippen LogP contribution >= 0.6 is 15.9 Å². The first-order valence-electron chi connectivity index (χ1n) is 4.76. The minimum absolute atomic E-state index is 0.508. The summed E-state index contributed by atoms with van der Waals surface area (Å²) >= 11 is 3.43. The number of hydrogen-bond acceptors (Lipinski definition) is 4. The van der Waals surface area contributed by atoms with Gasteiger partial charge in [0.25, 0.3) is 0 Å². The van der Waals surface area contributed by atoms with Crippen LogP contribution in [0, 0.1) is 0 Å². The van der Waals surface area contributed by atoms with Crippen LogP contribution in [0.2, 0.25) is 0 Å². The predicted molar refractivity (Wildman–Crippen MR) is 60.2 cm³/mol. The van der Waals surface area contributed by atoms with Crippen LogP contribution in [0.1, 0.15) is 19.8 Å². The van der Waals surface area contributed by atoms with E-state index in [1.54, 1.807) is 0 Å². The summed E-state index contributed by atoms with van der Waals surface area (Å²) in [5, 5.41) is 0. The molecule has 0 unspecified atom stereocenters. The molecule has 0 aliphatic heterocycles. The van der Waals surface area contributed by atoms with Crippen molar-refractivity contribution in [3.8, 4) is 0 Å². The van der Waals surface area contributed by atoms with E-state index in [2.05, 4.69) is 37.7 Å². The second-order valence-corrected chi connectivity index (χ2v) is 4.21. The molecular weight excluding hydrogens is 244 g/mol. The minimum atomic E-state index is 0.508. The molecule has 5 heteroatoms. The van der Waals surface area contributed by atoms with Gasteiger partial charge in [-0.25, -0.2) is 9.97 Å². The summed E-state index contributed by atoms with van der Waals surface area (Å²) in [5.74, 6) is 1.43. The van der Waals surface area contributed by atoms with Gasteiger partial charge in [-0.05, 0) is 35.7 Å². The van der Waals surface area contributed by atoms with Gasteiger partial charge in [0.2, 0.25) is 0 Å². The van der Waals surface area contributed by atoms with E-state index in [1.165, 1.54) is 19.2 Å². The summed E-state index contributed by atoms with van der Waals surface area (Å²) in [6, 6.07) is 0.644. The van der Waals surface area contributed by atoms with E-state index in [4.69, 9.17) is 5.73 Å². The second kappa shape index (κ2) is 3.73. The van der Waals surface area contributed by atoms with Gasteiger partial charge in [0.15, 0.2) is 0 Å². The quantitative estimate of drug-likeness (QED) is 0.897. The van der Waals surface area contributed by atoms with Crippen LogP contribution in [-0.2, 0) is 0 Å². The number of anilines is 2. The first kappa shape index (κ1) is 9.71. The first-order valence-corrected chi connectivity index (χ1v) is 5.56. The summed E-state index contributed by atoms with van der Waals surface area (Å²) in [6.45, 7) is 3.09.